The third-order valence-electron chi connectivity index (χ3n) is 2.79. The van der Waals surface area contributed by atoms with Crippen molar-refractivity contribution in [3.05, 3.63) is 34.9 Å². The van der Waals surface area contributed by atoms with E-state index in [0.29, 0.717) is 0 Å². The molecule has 0 saturated carbocycles. The first-order valence-electron chi connectivity index (χ1n) is 5.15. The molecule has 0 unspecified atom stereocenters. The number of hydrogen-bond donors (Lipinski definition) is 1. The summed E-state index contributed by atoms with van der Waals surface area (Å²) in [6.45, 7) is 10.8. The molecule has 0 radical (unpaired) electrons. The highest BCUT2D eigenvalue weighted by Gasteiger charge is 2.24. The maximum Gasteiger partial charge on any atom is 0.0349 e. The normalized spacial score (nSPS) is 13.2. The first kappa shape index (κ1) is 14.5. The Hall–Kier alpha value is -0.530. The Balaban J connectivity index is 0.00000196. The molecular formula is C13H22ClN. The van der Waals surface area contributed by atoms with Crippen LogP contribution in [0.2, 0.25) is 0 Å². The monoisotopic (exact) mass is 227 g/mol. The van der Waals surface area contributed by atoms with Crippen molar-refractivity contribution in [3.63, 3.8) is 0 Å². The van der Waals surface area contributed by atoms with Crippen molar-refractivity contribution in [1.29, 1.82) is 0 Å². The summed E-state index contributed by atoms with van der Waals surface area (Å²) < 4.78 is 0. The van der Waals surface area contributed by atoms with Gasteiger partial charge in [0, 0.05) is 6.04 Å². The van der Waals surface area contributed by atoms with E-state index in [-0.39, 0.29) is 23.9 Å². The van der Waals surface area contributed by atoms with Crippen molar-refractivity contribution in [3.8, 4) is 0 Å². The zero-order chi connectivity index (χ0) is 10.9. The van der Waals surface area contributed by atoms with Crippen LogP contribution < -0.4 is 5.73 Å². The SMILES string of the molecule is Cc1cccc(C)c1[C@H](N)C(C)(C)C.Cl. The quantitative estimate of drug-likeness (QED) is 0.777. The molecule has 86 valence electrons. The molecule has 0 aromatic heterocycles. The fourth-order valence-corrected chi connectivity index (χ4v) is 1.75. The van der Waals surface area contributed by atoms with Gasteiger partial charge in [-0.1, -0.05) is 39.0 Å². The maximum atomic E-state index is 6.27. The van der Waals surface area contributed by atoms with Gasteiger partial charge in [-0.3, -0.25) is 0 Å². The Bertz CT molecular complexity index is 306. The van der Waals surface area contributed by atoms with Crippen LogP contribution in [0.25, 0.3) is 0 Å². The molecule has 1 atom stereocenters. The van der Waals surface area contributed by atoms with Crippen LogP contribution in [-0.2, 0) is 0 Å². The summed E-state index contributed by atoms with van der Waals surface area (Å²) in [4.78, 5) is 0. The molecule has 2 heteroatoms. The molecule has 0 saturated heterocycles. The van der Waals surface area contributed by atoms with Gasteiger partial charge >= 0.3 is 0 Å². The molecule has 15 heavy (non-hydrogen) atoms. The summed E-state index contributed by atoms with van der Waals surface area (Å²) in [5.41, 5.74) is 10.3. The van der Waals surface area contributed by atoms with E-state index in [0.717, 1.165) is 0 Å². The van der Waals surface area contributed by atoms with Crippen molar-refractivity contribution in [2.45, 2.75) is 40.7 Å². The lowest BCUT2D eigenvalue weighted by atomic mass is 9.80. The molecule has 0 aliphatic rings. The fraction of sp³-hybridized carbons (Fsp3) is 0.538. The fourth-order valence-electron chi connectivity index (χ4n) is 1.75. The van der Waals surface area contributed by atoms with Crippen molar-refractivity contribution in [2.24, 2.45) is 11.1 Å². The van der Waals surface area contributed by atoms with Gasteiger partial charge in [-0.05, 0) is 36.0 Å². The van der Waals surface area contributed by atoms with Crippen LogP contribution in [0.1, 0.15) is 43.5 Å². The molecule has 2 N–H and O–H groups in total. The van der Waals surface area contributed by atoms with Gasteiger partial charge < -0.3 is 5.73 Å². The first-order chi connectivity index (χ1) is 6.34. The molecular weight excluding hydrogens is 206 g/mol. The van der Waals surface area contributed by atoms with E-state index < -0.39 is 0 Å². The van der Waals surface area contributed by atoms with Crippen LogP contribution in [0.15, 0.2) is 18.2 Å². The third-order valence-corrected chi connectivity index (χ3v) is 2.79. The number of aryl methyl sites for hydroxylation is 2. The van der Waals surface area contributed by atoms with E-state index in [9.17, 15) is 0 Å². The Morgan fingerprint density at radius 2 is 1.47 bits per heavy atom. The lowest BCUT2D eigenvalue weighted by molar-refractivity contribution is 0.325. The Morgan fingerprint density at radius 3 is 1.80 bits per heavy atom. The van der Waals surface area contributed by atoms with Gasteiger partial charge in [-0.15, -0.1) is 12.4 Å². The van der Waals surface area contributed by atoms with Gasteiger partial charge in [-0.2, -0.15) is 0 Å². The zero-order valence-corrected chi connectivity index (χ0v) is 11.1. The van der Waals surface area contributed by atoms with Gasteiger partial charge in [0.1, 0.15) is 0 Å². The van der Waals surface area contributed by atoms with Crippen molar-refractivity contribution < 1.29 is 0 Å². The van der Waals surface area contributed by atoms with E-state index in [1.165, 1.54) is 16.7 Å². The molecule has 0 bridgehead atoms. The standard InChI is InChI=1S/C13H21N.ClH/c1-9-7-6-8-10(2)11(9)12(14)13(3,4)5;/h6-8,12H,14H2,1-5H3;1H/t12-;/m0./s1. The summed E-state index contributed by atoms with van der Waals surface area (Å²) in [6.07, 6.45) is 0. The van der Waals surface area contributed by atoms with Crippen LogP contribution in [0.5, 0.6) is 0 Å². The smallest absolute Gasteiger partial charge is 0.0349 e. The molecule has 0 heterocycles. The largest absolute Gasteiger partial charge is 0.323 e. The second kappa shape index (κ2) is 5.00. The van der Waals surface area contributed by atoms with E-state index in [1.807, 2.05) is 0 Å². The van der Waals surface area contributed by atoms with Crippen molar-refractivity contribution >= 4 is 12.4 Å². The molecule has 1 nitrogen and oxygen atoms in total. The van der Waals surface area contributed by atoms with Crippen LogP contribution in [0, 0.1) is 19.3 Å². The average molecular weight is 228 g/mol. The van der Waals surface area contributed by atoms with Gasteiger partial charge in [0.05, 0.1) is 0 Å². The van der Waals surface area contributed by atoms with Crippen LogP contribution >= 0.6 is 12.4 Å². The van der Waals surface area contributed by atoms with Gasteiger partial charge in [0.15, 0.2) is 0 Å². The van der Waals surface area contributed by atoms with Crippen LogP contribution in [0.3, 0.4) is 0 Å². The highest BCUT2D eigenvalue weighted by molar-refractivity contribution is 5.85. The number of halogens is 1. The highest BCUT2D eigenvalue weighted by Crippen LogP contribution is 2.33. The average Bonchev–Trinajstić information content (AvgIpc) is 2.01. The number of hydrogen-bond acceptors (Lipinski definition) is 1. The van der Waals surface area contributed by atoms with Crippen LogP contribution in [0.4, 0.5) is 0 Å². The second-order valence-corrected chi connectivity index (χ2v) is 5.15. The van der Waals surface area contributed by atoms with E-state index in [4.69, 9.17) is 5.73 Å². The van der Waals surface area contributed by atoms with Crippen LogP contribution in [-0.4, -0.2) is 0 Å². The predicted octanol–water partition coefficient (Wildman–Crippen LogP) is 3.77. The summed E-state index contributed by atoms with van der Waals surface area (Å²) in [5, 5.41) is 0. The van der Waals surface area contributed by atoms with Crippen molar-refractivity contribution in [2.75, 3.05) is 0 Å². The third kappa shape index (κ3) is 3.22. The van der Waals surface area contributed by atoms with E-state index >= 15 is 0 Å². The maximum absolute atomic E-state index is 6.27. The summed E-state index contributed by atoms with van der Waals surface area (Å²) in [7, 11) is 0. The van der Waals surface area contributed by atoms with Gasteiger partial charge in [0.2, 0.25) is 0 Å². The van der Waals surface area contributed by atoms with Gasteiger partial charge in [0.25, 0.3) is 0 Å². The molecule has 1 aromatic carbocycles. The zero-order valence-electron chi connectivity index (χ0n) is 10.3. The summed E-state index contributed by atoms with van der Waals surface area (Å²) in [5.74, 6) is 0. The topological polar surface area (TPSA) is 26.0 Å². The predicted molar refractivity (Wildman–Crippen MR) is 69.5 cm³/mol. The number of benzene rings is 1. The Labute approximate surface area is 99.5 Å². The minimum Gasteiger partial charge on any atom is -0.323 e. The molecule has 0 aliphatic carbocycles. The number of rotatable bonds is 1. The van der Waals surface area contributed by atoms with Crippen molar-refractivity contribution in [1.82, 2.24) is 0 Å². The Kier molecular flexibility index (Phi) is 4.82. The van der Waals surface area contributed by atoms with E-state index in [1.54, 1.807) is 0 Å². The summed E-state index contributed by atoms with van der Waals surface area (Å²) >= 11 is 0. The molecule has 0 amide bonds. The molecule has 0 fully saturated rings. The molecule has 1 aromatic rings. The van der Waals surface area contributed by atoms with Gasteiger partial charge in [-0.25, -0.2) is 0 Å². The molecule has 0 aliphatic heterocycles. The minimum absolute atomic E-state index is 0. The highest BCUT2D eigenvalue weighted by atomic mass is 35.5. The van der Waals surface area contributed by atoms with E-state index in [2.05, 4.69) is 52.8 Å². The second-order valence-electron chi connectivity index (χ2n) is 5.15. The summed E-state index contributed by atoms with van der Waals surface area (Å²) in [6, 6.07) is 6.47. The minimum atomic E-state index is 0. The lowest BCUT2D eigenvalue weighted by Gasteiger charge is -2.30. The number of nitrogens with two attached hydrogens (primary N) is 1. The first-order valence-corrected chi connectivity index (χ1v) is 5.15. The Morgan fingerprint density at radius 1 is 1.07 bits per heavy atom. The lowest BCUT2D eigenvalue weighted by Crippen LogP contribution is -2.27. The molecule has 1 rings (SSSR count). The molecule has 0 spiro atoms.